The van der Waals surface area contributed by atoms with Crippen LogP contribution in [-0.4, -0.2) is 10.5 Å². The van der Waals surface area contributed by atoms with Gasteiger partial charge < -0.3 is 0 Å². The molecule has 1 rings (SSSR count). The van der Waals surface area contributed by atoms with Crippen molar-refractivity contribution in [3.8, 4) is 0 Å². The zero-order valence-electron chi connectivity index (χ0n) is 5.09. The maximum atomic E-state index is 2.30. The van der Waals surface area contributed by atoms with Gasteiger partial charge in [0.15, 0.2) is 0 Å². The van der Waals surface area contributed by atoms with Crippen LogP contribution in [0.1, 0.15) is 20.3 Å². The Labute approximate surface area is 62.4 Å². The van der Waals surface area contributed by atoms with Crippen molar-refractivity contribution >= 4 is 31.4 Å². The Morgan fingerprint density at radius 2 is 1.62 bits per heavy atom. The van der Waals surface area contributed by atoms with Crippen molar-refractivity contribution in [2.45, 2.75) is 30.8 Å². The van der Waals surface area contributed by atoms with Crippen molar-refractivity contribution in [1.29, 1.82) is 0 Å². The van der Waals surface area contributed by atoms with Gasteiger partial charge in [-0.2, -0.15) is 0 Å². The molecule has 0 aromatic heterocycles. The molecular weight excluding hydrogens is 156 g/mol. The van der Waals surface area contributed by atoms with Crippen LogP contribution in [0.25, 0.3) is 0 Å². The van der Waals surface area contributed by atoms with Crippen LogP contribution in [0.4, 0.5) is 0 Å². The van der Waals surface area contributed by atoms with E-state index in [0.29, 0.717) is 0 Å². The van der Waals surface area contributed by atoms with Crippen LogP contribution >= 0.6 is 31.4 Å². The van der Waals surface area contributed by atoms with E-state index in [9.17, 15) is 0 Å². The fraction of sp³-hybridized carbons (Fsp3) is 1.00. The van der Waals surface area contributed by atoms with E-state index in [1.165, 1.54) is 6.42 Å². The monoisotopic (exact) mass is 166 g/mol. The average molecular weight is 166 g/mol. The summed E-state index contributed by atoms with van der Waals surface area (Å²) >= 11 is 0. The van der Waals surface area contributed by atoms with Crippen molar-refractivity contribution in [2.24, 2.45) is 0 Å². The van der Waals surface area contributed by atoms with Gasteiger partial charge in [0.25, 0.3) is 0 Å². The summed E-state index contributed by atoms with van der Waals surface area (Å²) in [5.74, 6) is 0. The minimum Gasteiger partial charge on any atom is -0.0794 e. The first kappa shape index (κ1) is 7.16. The van der Waals surface area contributed by atoms with E-state index in [-0.39, 0.29) is 0 Å². The molecule has 1 aliphatic rings. The van der Waals surface area contributed by atoms with Gasteiger partial charge in [0.2, 0.25) is 0 Å². The minimum atomic E-state index is 0.872. The van der Waals surface area contributed by atoms with Gasteiger partial charge in [-0.25, -0.2) is 0 Å². The summed E-state index contributed by atoms with van der Waals surface area (Å²) in [6, 6.07) is 0. The molecular formula is C5H10S3. The SMILES string of the molecule is CC1CC(C)SSS1. The van der Waals surface area contributed by atoms with Crippen LogP contribution in [-0.2, 0) is 0 Å². The second kappa shape index (κ2) is 3.28. The summed E-state index contributed by atoms with van der Waals surface area (Å²) in [7, 11) is 5.95. The molecule has 2 atom stereocenters. The summed E-state index contributed by atoms with van der Waals surface area (Å²) in [5.41, 5.74) is 0. The average Bonchev–Trinajstić information content (AvgIpc) is 1.64. The lowest BCUT2D eigenvalue weighted by Crippen LogP contribution is -2.07. The van der Waals surface area contributed by atoms with Gasteiger partial charge in [-0.1, -0.05) is 35.4 Å². The third-order valence-corrected chi connectivity index (χ3v) is 6.13. The van der Waals surface area contributed by atoms with Gasteiger partial charge in [-0.15, -0.1) is 0 Å². The summed E-state index contributed by atoms with van der Waals surface area (Å²) < 4.78 is 0. The molecule has 0 aliphatic carbocycles. The van der Waals surface area contributed by atoms with E-state index in [1.807, 2.05) is 31.4 Å². The van der Waals surface area contributed by atoms with Crippen LogP contribution in [0.2, 0.25) is 0 Å². The van der Waals surface area contributed by atoms with Crippen LogP contribution < -0.4 is 0 Å². The van der Waals surface area contributed by atoms with Gasteiger partial charge in [0.05, 0.1) is 0 Å². The van der Waals surface area contributed by atoms with Gasteiger partial charge in [0, 0.05) is 10.5 Å². The van der Waals surface area contributed by atoms with Crippen molar-refractivity contribution in [3.63, 3.8) is 0 Å². The van der Waals surface area contributed by atoms with E-state index in [4.69, 9.17) is 0 Å². The fourth-order valence-corrected chi connectivity index (χ4v) is 6.11. The molecule has 0 saturated carbocycles. The molecule has 1 saturated heterocycles. The lowest BCUT2D eigenvalue weighted by molar-refractivity contribution is 0.808. The molecule has 0 aromatic rings. The Hall–Kier alpha value is 1.05. The topological polar surface area (TPSA) is 0 Å². The summed E-state index contributed by atoms with van der Waals surface area (Å²) in [6.45, 7) is 4.60. The first-order valence-electron chi connectivity index (χ1n) is 2.78. The fourth-order valence-electron chi connectivity index (χ4n) is 0.703. The highest BCUT2D eigenvalue weighted by Crippen LogP contribution is 2.47. The Bertz CT molecular complexity index is 66.1. The molecule has 0 radical (unpaired) electrons. The molecule has 0 nitrogen and oxygen atoms in total. The molecule has 48 valence electrons. The van der Waals surface area contributed by atoms with E-state index in [2.05, 4.69) is 13.8 Å². The van der Waals surface area contributed by atoms with Gasteiger partial charge in [-0.05, 0) is 16.2 Å². The molecule has 0 amide bonds. The van der Waals surface area contributed by atoms with E-state index < -0.39 is 0 Å². The third-order valence-electron chi connectivity index (χ3n) is 1.07. The first-order valence-corrected chi connectivity index (χ1v) is 6.39. The quantitative estimate of drug-likeness (QED) is 0.507. The zero-order valence-corrected chi connectivity index (χ0v) is 7.54. The Morgan fingerprint density at radius 3 is 1.88 bits per heavy atom. The van der Waals surface area contributed by atoms with Crippen LogP contribution in [0.3, 0.4) is 0 Å². The normalized spacial score (nSPS) is 39.8. The highest BCUT2D eigenvalue weighted by molar-refractivity contribution is 9.09. The summed E-state index contributed by atoms with van der Waals surface area (Å²) in [4.78, 5) is 0. The van der Waals surface area contributed by atoms with Crippen molar-refractivity contribution < 1.29 is 0 Å². The van der Waals surface area contributed by atoms with Gasteiger partial charge in [-0.3, -0.25) is 0 Å². The van der Waals surface area contributed by atoms with Crippen molar-refractivity contribution in [2.75, 3.05) is 0 Å². The molecule has 0 N–H and O–H groups in total. The molecule has 0 bridgehead atoms. The molecule has 1 heterocycles. The minimum absolute atomic E-state index is 0.872. The maximum absolute atomic E-state index is 2.30. The summed E-state index contributed by atoms with van der Waals surface area (Å²) in [5, 5.41) is 1.74. The second-order valence-electron chi connectivity index (χ2n) is 2.12. The van der Waals surface area contributed by atoms with Crippen LogP contribution in [0.5, 0.6) is 0 Å². The number of hydrogen-bond donors (Lipinski definition) is 0. The van der Waals surface area contributed by atoms with Crippen molar-refractivity contribution in [1.82, 2.24) is 0 Å². The highest BCUT2D eigenvalue weighted by atomic mass is 33.5. The van der Waals surface area contributed by atoms with Gasteiger partial charge >= 0.3 is 0 Å². The molecule has 2 unspecified atom stereocenters. The Kier molecular flexibility index (Phi) is 2.93. The Morgan fingerprint density at radius 1 is 1.12 bits per heavy atom. The van der Waals surface area contributed by atoms with E-state index in [0.717, 1.165) is 10.5 Å². The lowest BCUT2D eigenvalue weighted by atomic mass is 10.3. The molecule has 0 spiro atoms. The predicted molar refractivity (Wildman–Crippen MR) is 46.3 cm³/mol. The van der Waals surface area contributed by atoms with E-state index >= 15 is 0 Å². The van der Waals surface area contributed by atoms with Gasteiger partial charge in [0.1, 0.15) is 0 Å². The summed E-state index contributed by atoms with van der Waals surface area (Å²) in [6.07, 6.45) is 1.38. The Balaban J connectivity index is 2.23. The lowest BCUT2D eigenvalue weighted by Gasteiger charge is -2.20. The second-order valence-corrected chi connectivity index (χ2v) is 7.04. The third kappa shape index (κ3) is 2.11. The molecule has 1 aliphatic heterocycles. The van der Waals surface area contributed by atoms with Crippen molar-refractivity contribution in [3.05, 3.63) is 0 Å². The number of hydrogen-bond acceptors (Lipinski definition) is 3. The molecule has 8 heavy (non-hydrogen) atoms. The first-order chi connectivity index (χ1) is 3.79. The largest absolute Gasteiger partial charge is 0.0794 e. The number of rotatable bonds is 0. The van der Waals surface area contributed by atoms with Crippen LogP contribution in [0, 0.1) is 0 Å². The van der Waals surface area contributed by atoms with Crippen LogP contribution in [0.15, 0.2) is 0 Å². The highest BCUT2D eigenvalue weighted by Gasteiger charge is 2.15. The molecule has 3 heteroatoms. The predicted octanol–water partition coefficient (Wildman–Crippen LogP) is 3.20. The standard InChI is InChI=1S/C5H10S3/c1-4-3-5(2)7-8-6-4/h4-5H,3H2,1-2H3. The molecule has 0 aromatic carbocycles. The zero-order chi connectivity index (χ0) is 5.98. The molecule has 1 fully saturated rings. The maximum Gasteiger partial charge on any atom is 0.0142 e. The smallest absolute Gasteiger partial charge is 0.0142 e. The van der Waals surface area contributed by atoms with E-state index in [1.54, 1.807) is 0 Å².